The molecule has 5 rings (SSSR count). The van der Waals surface area contributed by atoms with E-state index in [1.807, 2.05) is 6.08 Å². The summed E-state index contributed by atoms with van der Waals surface area (Å²) in [5.74, 6) is -0.154. The highest BCUT2D eigenvalue weighted by molar-refractivity contribution is 7.91. The Labute approximate surface area is 207 Å². The molecule has 0 saturated carbocycles. The first-order valence-corrected chi connectivity index (χ1v) is 14.5. The van der Waals surface area contributed by atoms with Gasteiger partial charge in [-0.2, -0.15) is 0 Å². The third-order valence-corrected chi connectivity index (χ3v) is 9.23. The number of amides is 1. The highest BCUT2D eigenvalue weighted by atomic mass is 32.2. The molecule has 188 valence electrons. The van der Waals surface area contributed by atoms with Gasteiger partial charge in [-0.1, -0.05) is 13.3 Å². The lowest BCUT2D eigenvalue weighted by atomic mass is 9.98. The van der Waals surface area contributed by atoms with Crippen molar-refractivity contribution in [1.82, 2.24) is 9.88 Å². The van der Waals surface area contributed by atoms with Crippen molar-refractivity contribution in [3.05, 3.63) is 46.3 Å². The van der Waals surface area contributed by atoms with Crippen molar-refractivity contribution in [2.75, 3.05) is 43.9 Å². The van der Waals surface area contributed by atoms with Crippen LogP contribution in [0.25, 0.3) is 11.6 Å². The largest absolute Gasteiger partial charge is 0.379 e. The molecule has 1 fully saturated rings. The zero-order valence-corrected chi connectivity index (χ0v) is 21.3. The van der Waals surface area contributed by atoms with Gasteiger partial charge in [-0.25, -0.2) is 8.42 Å². The molecule has 0 atom stereocenters. The molecule has 0 bridgehead atoms. The molecule has 3 aliphatic rings. The predicted octanol–water partition coefficient (Wildman–Crippen LogP) is 3.83. The molecular weight excluding hydrogens is 462 g/mol. The number of nitrogens with zero attached hydrogens (tertiary/aromatic N) is 1. The summed E-state index contributed by atoms with van der Waals surface area (Å²) in [6, 6.07) is 4.92. The maximum atomic E-state index is 12.9. The number of hydrogen-bond donors (Lipinski definition) is 2. The molecule has 1 saturated heterocycles. The topological polar surface area (TPSA) is 91.5 Å². The summed E-state index contributed by atoms with van der Waals surface area (Å²) in [6.07, 6.45) is 9.69. The molecule has 1 aliphatic carbocycles. The van der Waals surface area contributed by atoms with Gasteiger partial charge in [0.2, 0.25) is 0 Å². The van der Waals surface area contributed by atoms with Gasteiger partial charge < -0.3 is 15.0 Å². The molecule has 8 heteroatoms. The molecule has 1 aromatic heterocycles. The van der Waals surface area contributed by atoms with Crippen molar-refractivity contribution in [2.45, 2.75) is 56.8 Å². The average Bonchev–Trinajstić information content (AvgIpc) is 3.24. The van der Waals surface area contributed by atoms with Crippen LogP contribution < -0.4 is 5.32 Å². The normalized spacial score (nSPS) is 19.9. The van der Waals surface area contributed by atoms with E-state index in [0.29, 0.717) is 16.8 Å². The number of aromatic amines is 1. The van der Waals surface area contributed by atoms with Crippen molar-refractivity contribution >= 4 is 33.1 Å². The van der Waals surface area contributed by atoms with Crippen LogP contribution in [0.5, 0.6) is 0 Å². The Morgan fingerprint density at radius 3 is 2.71 bits per heavy atom. The van der Waals surface area contributed by atoms with Gasteiger partial charge >= 0.3 is 0 Å². The molecule has 1 aromatic carbocycles. The van der Waals surface area contributed by atoms with Gasteiger partial charge in [0.05, 0.1) is 29.4 Å². The van der Waals surface area contributed by atoms with E-state index in [0.717, 1.165) is 64.2 Å². The number of morpholine rings is 1. The van der Waals surface area contributed by atoms with Crippen molar-refractivity contribution in [3.8, 4) is 0 Å². The SMILES string of the molecule is CCS(=O)(=O)c1ccc2c(c1)/C(=C/c1[nH]c3c(c1CCCN1CCOCC1)CCCCC3)C(=O)N2. The predicted molar refractivity (Wildman–Crippen MR) is 138 cm³/mol. The quantitative estimate of drug-likeness (QED) is 0.448. The Balaban J connectivity index is 1.48. The number of nitrogens with one attached hydrogen (secondary N) is 2. The molecule has 35 heavy (non-hydrogen) atoms. The fraction of sp³-hybridized carbons (Fsp3) is 0.519. The highest BCUT2D eigenvalue weighted by Gasteiger charge is 2.28. The van der Waals surface area contributed by atoms with Crippen LogP contribution in [0.1, 0.15) is 60.7 Å². The van der Waals surface area contributed by atoms with Gasteiger partial charge in [0.25, 0.3) is 5.91 Å². The minimum atomic E-state index is -3.36. The summed E-state index contributed by atoms with van der Waals surface area (Å²) in [4.78, 5) is 19.3. The number of hydrogen-bond acceptors (Lipinski definition) is 5. The Kier molecular flexibility index (Phi) is 7.14. The molecule has 2 N–H and O–H groups in total. The number of carbonyl (C=O) groups excluding carboxylic acids is 1. The fourth-order valence-electron chi connectivity index (χ4n) is 5.48. The number of H-pyrrole nitrogens is 1. The van der Waals surface area contributed by atoms with Crippen LogP contribution in [0.15, 0.2) is 23.1 Å². The number of sulfone groups is 1. The monoisotopic (exact) mass is 497 g/mol. The summed E-state index contributed by atoms with van der Waals surface area (Å²) in [7, 11) is -3.36. The molecule has 0 radical (unpaired) electrons. The van der Waals surface area contributed by atoms with E-state index in [1.165, 1.54) is 36.1 Å². The van der Waals surface area contributed by atoms with E-state index in [-0.39, 0.29) is 16.6 Å². The second-order valence-corrected chi connectivity index (χ2v) is 12.0. The highest BCUT2D eigenvalue weighted by Crippen LogP contribution is 2.37. The Hall–Kier alpha value is -2.42. The van der Waals surface area contributed by atoms with E-state index >= 15 is 0 Å². The maximum Gasteiger partial charge on any atom is 0.256 e. The first-order chi connectivity index (χ1) is 17.0. The molecular formula is C27H35N3O4S. The van der Waals surface area contributed by atoms with Crippen LogP contribution in [-0.4, -0.2) is 62.8 Å². The van der Waals surface area contributed by atoms with Crippen LogP contribution in [0, 0.1) is 0 Å². The lowest BCUT2D eigenvalue weighted by molar-refractivity contribution is -0.110. The molecule has 7 nitrogen and oxygen atoms in total. The van der Waals surface area contributed by atoms with Crippen molar-refractivity contribution in [3.63, 3.8) is 0 Å². The van der Waals surface area contributed by atoms with E-state index < -0.39 is 9.84 Å². The molecule has 2 aliphatic heterocycles. The lowest BCUT2D eigenvalue weighted by Gasteiger charge is -2.26. The lowest BCUT2D eigenvalue weighted by Crippen LogP contribution is -2.37. The Bertz CT molecular complexity index is 1240. The van der Waals surface area contributed by atoms with Crippen LogP contribution in [0.2, 0.25) is 0 Å². The smallest absolute Gasteiger partial charge is 0.256 e. The van der Waals surface area contributed by atoms with E-state index in [1.54, 1.807) is 25.1 Å². The molecule has 0 unspecified atom stereocenters. The molecule has 0 spiro atoms. The second kappa shape index (κ2) is 10.3. The number of aryl methyl sites for hydroxylation is 1. The zero-order chi connectivity index (χ0) is 24.4. The maximum absolute atomic E-state index is 12.9. The number of ether oxygens (including phenoxy) is 1. The van der Waals surface area contributed by atoms with Crippen LogP contribution in [-0.2, 0) is 38.6 Å². The fourth-order valence-corrected chi connectivity index (χ4v) is 6.39. The van der Waals surface area contributed by atoms with Crippen LogP contribution >= 0.6 is 0 Å². The van der Waals surface area contributed by atoms with Gasteiger partial charge in [0.15, 0.2) is 9.84 Å². The Morgan fingerprint density at radius 2 is 1.91 bits per heavy atom. The van der Waals surface area contributed by atoms with Gasteiger partial charge in [-0.05, 0) is 80.5 Å². The first-order valence-electron chi connectivity index (χ1n) is 12.9. The van der Waals surface area contributed by atoms with Gasteiger partial charge in [0, 0.05) is 35.7 Å². The van der Waals surface area contributed by atoms with Gasteiger partial charge in [-0.3, -0.25) is 9.69 Å². The van der Waals surface area contributed by atoms with E-state index in [9.17, 15) is 13.2 Å². The third kappa shape index (κ3) is 5.10. The number of rotatable bonds is 7. The number of fused-ring (bicyclic) bond motifs is 2. The summed E-state index contributed by atoms with van der Waals surface area (Å²) in [6.45, 7) is 6.27. The molecule has 1 amide bonds. The van der Waals surface area contributed by atoms with Crippen molar-refractivity contribution in [1.29, 1.82) is 0 Å². The van der Waals surface area contributed by atoms with Crippen molar-refractivity contribution in [2.24, 2.45) is 0 Å². The summed E-state index contributed by atoms with van der Waals surface area (Å²) in [5.41, 5.74) is 6.90. The average molecular weight is 498 g/mol. The van der Waals surface area contributed by atoms with Crippen LogP contribution in [0.3, 0.4) is 0 Å². The molecule has 2 aromatic rings. The number of benzene rings is 1. The van der Waals surface area contributed by atoms with E-state index in [2.05, 4.69) is 15.2 Å². The summed E-state index contributed by atoms with van der Waals surface area (Å²) >= 11 is 0. The number of anilines is 1. The Morgan fingerprint density at radius 1 is 1.11 bits per heavy atom. The van der Waals surface area contributed by atoms with Crippen molar-refractivity contribution < 1.29 is 17.9 Å². The van der Waals surface area contributed by atoms with E-state index in [4.69, 9.17) is 4.74 Å². The number of aromatic nitrogens is 1. The summed E-state index contributed by atoms with van der Waals surface area (Å²) < 4.78 is 30.4. The third-order valence-electron chi connectivity index (χ3n) is 7.50. The minimum absolute atomic E-state index is 0.0306. The first kappa shape index (κ1) is 24.3. The number of carbonyl (C=O) groups is 1. The summed E-state index contributed by atoms with van der Waals surface area (Å²) in [5, 5.41) is 2.91. The minimum Gasteiger partial charge on any atom is -0.379 e. The zero-order valence-electron chi connectivity index (χ0n) is 20.5. The second-order valence-electron chi connectivity index (χ2n) is 9.72. The van der Waals surface area contributed by atoms with Gasteiger partial charge in [0.1, 0.15) is 0 Å². The van der Waals surface area contributed by atoms with Crippen LogP contribution in [0.4, 0.5) is 5.69 Å². The standard InChI is InChI=1S/C27H35N3O4S/c1-2-35(32,33)19-10-11-25-22(17-19)23(27(31)29-25)18-26-21(8-6-12-30-13-15-34-16-14-30)20-7-4-3-5-9-24(20)28-26/h10-11,17-18,28H,2-9,12-16H2,1H3,(H,29,31)/b23-18-. The molecule has 3 heterocycles. The van der Waals surface area contributed by atoms with Gasteiger partial charge in [-0.15, -0.1) is 0 Å².